The van der Waals surface area contributed by atoms with Crippen LogP contribution in [0, 0.1) is 0 Å². The molecule has 1 aliphatic rings. The Morgan fingerprint density at radius 3 is 1.88 bits per heavy atom. The van der Waals surface area contributed by atoms with Gasteiger partial charge in [-0.2, -0.15) is 0 Å². The molecule has 2 rings (SSSR count). The van der Waals surface area contributed by atoms with Crippen molar-refractivity contribution in [3.63, 3.8) is 0 Å². The average molecular weight is 505 g/mol. The van der Waals surface area contributed by atoms with Crippen molar-refractivity contribution < 1.29 is 51.3 Å². The van der Waals surface area contributed by atoms with Crippen molar-refractivity contribution in [3.05, 3.63) is 30.3 Å². The van der Waals surface area contributed by atoms with E-state index in [1.165, 1.54) is 12.1 Å². The highest BCUT2D eigenvalue weighted by atomic mass is 32.8. The van der Waals surface area contributed by atoms with Gasteiger partial charge in [-0.15, -0.1) is 0 Å². The molecule has 1 aromatic carbocycles. The zero-order chi connectivity index (χ0) is 24.8. The summed E-state index contributed by atoms with van der Waals surface area (Å²) in [6.45, 7) is 3.97. The van der Waals surface area contributed by atoms with Crippen LogP contribution < -0.4 is 0 Å². The van der Waals surface area contributed by atoms with Crippen molar-refractivity contribution in [2.45, 2.75) is 63.3 Å². The number of rotatable bonds is 8. The van der Waals surface area contributed by atoms with Gasteiger partial charge in [-0.05, 0) is 12.1 Å². The van der Waals surface area contributed by atoms with Crippen LogP contribution in [0.2, 0.25) is 0 Å². The molecule has 1 aliphatic heterocycles. The normalized spacial score (nSPS) is 26.4. The number of benzene rings is 1. The van der Waals surface area contributed by atoms with Crippen LogP contribution in [0.5, 0.6) is 0 Å². The number of carbonyl (C=O) groups excluding carboxylic acids is 4. The minimum Gasteiger partial charge on any atom is -0.463 e. The van der Waals surface area contributed by atoms with E-state index in [9.17, 15) is 23.4 Å². The molecule has 0 radical (unpaired) electrons. The van der Waals surface area contributed by atoms with E-state index < -0.39 is 70.0 Å². The van der Waals surface area contributed by atoms with Gasteiger partial charge in [-0.25, -0.2) is 4.21 Å². The van der Waals surface area contributed by atoms with Gasteiger partial charge >= 0.3 is 23.9 Å². The molecule has 1 aromatic rings. The number of carbonyl (C=O) groups is 4. The fourth-order valence-electron chi connectivity index (χ4n) is 3.03. The molecule has 0 N–H and O–H groups in total. The largest absolute Gasteiger partial charge is 0.463 e. The summed E-state index contributed by atoms with van der Waals surface area (Å²) in [5.74, 6) is -3.06. The second kappa shape index (κ2) is 11.5. The number of hydrogen-bond acceptors (Lipinski definition) is 12. The van der Waals surface area contributed by atoms with Crippen molar-refractivity contribution in [1.82, 2.24) is 0 Å². The SMILES string of the molecule is CC(=O)OC[C@H]1O[C@@H](OS(=O)(=S)c2ccccc2)[C@H](OC(C)=O)[C@@H](OC(C)=O)[C@H]1OC(C)=O. The predicted octanol–water partition coefficient (Wildman–Crippen LogP) is 0.806. The van der Waals surface area contributed by atoms with Gasteiger partial charge in [-0.3, -0.25) is 23.4 Å². The highest BCUT2D eigenvalue weighted by Crippen LogP contribution is 2.31. The fourth-order valence-corrected chi connectivity index (χ4v) is 4.61. The van der Waals surface area contributed by atoms with Crippen molar-refractivity contribution in [2.24, 2.45) is 0 Å². The van der Waals surface area contributed by atoms with Crippen molar-refractivity contribution >= 4 is 43.8 Å². The van der Waals surface area contributed by atoms with E-state index >= 15 is 0 Å². The number of hydrogen-bond donors (Lipinski definition) is 0. The van der Waals surface area contributed by atoms with Gasteiger partial charge in [0.2, 0.25) is 6.29 Å². The Morgan fingerprint density at radius 2 is 1.36 bits per heavy atom. The highest BCUT2D eigenvalue weighted by Gasteiger charge is 2.53. The first-order valence-corrected chi connectivity index (χ1v) is 12.1. The number of esters is 4. The van der Waals surface area contributed by atoms with Crippen LogP contribution in [0.1, 0.15) is 27.7 Å². The first-order valence-electron chi connectivity index (χ1n) is 9.69. The monoisotopic (exact) mass is 504 g/mol. The third-order valence-electron chi connectivity index (χ3n) is 4.20. The summed E-state index contributed by atoms with van der Waals surface area (Å²) in [5.41, 5.74) is 0. The van der Waals surface area contributed by atoms with Crippen LogP contribution in [0.15, 0.2) is 35.2 Å². The molecular weight excluding hydrogens is 480 g/mol. The molecule has 182 valence electrons. The van der Waals surface area contributed by atoms with Gasteiger partial charge in [0, 0.05) is 38.9 Å². The summed E-state index contributed by atoms with van der Waals surface area (Å²) in [7, 11) is -3.61. The Kier molecular flexibility index (Phi) is 9.28. The summed E-state index contributed by atoms with van der Waals surface area (Å²) >= 11 is 5.13. The van der Waals surface area contributed by atoms with E-state index in [0.717, 1.165) is 27.7 Å². The first-order chi connectivity index (χ1) is 15.4. The Hall–Kier alpha value is -2.61. The third-order valence-corrected chi connectivity index (χ3v) is 6.31. The van der Waals surface area contributed by atoms with Gasteiger partial charge in [-0.1, -0.05) is 18.2 Å². The fraction of sp³-hybridized carbons (Fsp3) is 0.500. The lowest BCUT2D eigenvalue weighted by Gasteiger charge is -2.43. The second-order valence-electron chi connectivity index (χ2n) is 6.93. The molecule has 1 fully saturated rings. The molecule has 33 heavy (non-hydrogen) atoms. The molecule has 0 spiro atoms. The van der Waals surface area contributed by atoms with Crippen molar-refractivity contribution in [3.8, 4) is 0 Å². The lowest BCUT2D eigenvalue weighted by molar-refractivity contribution is -0.287. The molecule has 11 nitrogen and oxygen atoms in total. The number of ether oxygens (including phenoxy) is 5. The lowest BCUT2D eigenvalue weighted by atomic mass is 9.98. The average Bonchev–Trinajstić information content (AvgIpc) is 2.70. The molecule has 0 aliphatic carbocycles. The maximum absolute atomic E-state index is 13.1. The Balaban J connectivity index is 2.50. The van der Waals surface area contributed by atoms with Gasteiger partial charge in [0.15, 0.2) is 27.1 Å². The third kappa shape index (κ3) is 7.74. The Bertz CT molecular complexity index is 977. The molecule has 6 atom stereocenters. The molecule has 0 aromatic heterocycles. The molecule has 0 saturated carbocycles. The van der Waals surface area contributed by atoms with Crippen LogP contribution in [0.25, 0.3) is 0 Å². The van der Waals surface area contributed by atoms with Crippen LogP contribution in [0.4, 0.5) is 0 Å². The van der Waals surface area contributed by atoms with E-state index in [1.54, 1.807) is 18.2 Å². The van der Waals surface area contributed by atoms with Crippen LogP contribution >= 0.6 is 0 Å². The highest BCUT2D eigenvalue weighted by molar-refractivity contribution is 8.30. The molecule has 1 unspecified atom stereocenters. The standard InChI is InChI=1S/C20H24O11S2/c1-11(21)26-10-16-17(27-12(2)22)18(28-13(3)23)19(29-14(4)24)20(30-16)31-33(25,32)15-8-6-5-7-9-15/h5-9,16-20H,10H2,1-4H3/t16-,17+,18+,19-,20+,33?/m1/s1. The van der Waals surface area contributed by atoms with E-state index in [0.29, 0.717) is 0 Å². The molecule has 13 heteroatoms. The van der Waals surface area contributed by atoms with Crippen LogP contribution in [-0.2, 0) is 67.0 Å². The minimum atomic E-state index is -3.61. The topological polar surface area (TPSA) is 141 Å². The molecule has 1 saturated heterocycles. The zero-order valence-electron chi connectivity index (χ0n) is 18.3. The van der Waals surface area contributed by atoms with Crippen molar-refractivity contribution in [1.29, 1.82) is 0 Å². The lowest BCUT2D eigenvalue weighted by Crippen LogP contribution is -2.63. The Labute approximate surface area is 195 Å². The Morgan fingerprint density at radius 1 is 0.848 bits per heavy atom. The smallest absolute Gasteiger partial charge is 0.303 e. The maximum Gasteiger partial charge on any atom is 0.303 e. The van der Waals surface area contributed by atoms with Crippen LogP contribution in [0.3, 0.4) is 0 Å². The quantitative estimate of drug-likeness (QED) is 0.365. The molecule has 0 bridgehead atoms. The van der Waals surface area contributed by atoms with Gasteiger partial charge in [0.25, 0.3) is 0 Å². The second-order valence-corrected chi connectivity index (χ2v) is 9.82. The summed E-state index contributed by atoms with van der Waals surface area (Å²) in [6.07, 6.45) is -7.18. The van der Waals surface area contributed by atoms with Gasteiger partial charge in [0.1, 0.15) is 12.7 Å². The van der Waals surface area contributed by atoms with Crippen LogP contribution in [-0.4, -0.2) is 65.4 Å². The summed E-state index contributed by atoms with van der Waals surface area (Å²) in [4.78, 5) is 46.8. The molecule has 1 heterocycles. The summed E-state index contributed by atoms with van der Waals surface area (Å²) in [6, 6.07) is 7.82. The predicted molar refractivity (Wildman–Crippen MR) is 113 cm³/mol. The maximum atomic E-state index is 13.1. The molecular formula is C20H24O11S2. The van der Waals surface area contributed by atoms with E-state index in [4.69, 9.17) is 39.1 Å². The summed E-state index contributed by atoms with van der Waals surface area (Å²) < 4.78 is 45.2. The molecule has 0 amide bonds. The first kappa shape index (κ1) is 26.6. The minimum absolute atomic E-state index is 0.146. The zero-order valence-corrected chi connectivity index (χ0v) is 19.9. The van der Waals surface area contributed by atoms with Gasteiger partial charge in [0.05, 0.1) is 4.90 Å². The van der Waals surface area contributed by atoms with Gasteiger partial charge < -0.3 is 23.7 Å². The van der Waals surface area contributed by atoms with Crippen molar-refractivity contribution in [2.75, 3.05) is 6.61 Å². The van der Waals surface area contributed by atoms with E-state index in [-0.39, 0.29) is 4.90 Å². The summed E-state index contributed by atoms with van der Waals surface area (Å²) in [5, 5.41) is 0. The van der Waals surface area contributed by atoms with E-state index in [1.807, 2.05) is 0 Å². The van der Waals surface area contributed by atoms with E-state index in [2.05, 4.69) is 0 Å².